The normalized spacial score (nSPS) is 10.8. The fraction of sp³-hybridized carbons (Fsp3) is 0.250. The maximum atomic E-state index is 11.0. The molecule has 0 radical (unpaired) electrons. The summed E-state index contributed by atoms with van der Waals surface area (Å²) in [5, 5.41) is 4.02. The molecule has 1 heterocycles. The van der Waals surface area contributed by atoms with Gasteiger partial charge < -0.3 is 14.6 Å². The summed E-state index contributed by atoms with van der Waals surface area (Å²) in [6.07, 6.45) is 2.92. The molecule has 3 aromatic rings. The van der Waals surface area contributed by atoms with Gasteiger partial charge in [0.05, 0.1) is 0 Å². The first-order valence-electron chi connectivity index (χ1n) is 8.12. The van der Waals surface area contributed by atoms with E-state index in [4.69, 9.17) is 4.74 Å². The number of fused-ring (bicyclic) bond motifs is 1. The Hall–Kier alpha value is -2.75. The van der Waals surface area contributed by atoms with E-state index in [1.54, 1.807) is 6.92 Å². The molecule has 3 rings (SSSR count). The van der Waals surface area contributed by atoms with Crippen LogP contribution in [0.2, 0.25) is 0 Å². The SMILES string of the molecule is CC(=O)NCCc1cn(C)c2ccc(OCc3ccccc3)cc12. The number of ether oxygens (including phenoxy) is 1. The number of hydrogen-bond donors (Lipinski definition) is 1. The van der Waals surface area contributed by atoms with E-state index in [-0.39, 0.29) is 5.91 Å². The molecule has 1 amide bonds. The Bertz CT molecular complexity index is 837. The second-order valence-electron chi connectivity index (χ2n) is 5.95. The first kappa shape index (κ1) is 16.1. The number of nitrogens with one attached hydrogen (secondary N) is 1. The van der Waals surface area contributed by atoms with Crippen molar-refractivity contribution < 1.29 is 9.53 Å². The second kappa shape index (κ2) is 7.21. The van der Waals surface area contributed by atoms with Crippen molar-refractivity contribution in [3.8, 4) is 5.75 Å². The lowest BCUT2D eigenvalue weighted by molar-refractivity contribution is -0.118. The third kappa shape index (κ3) is 3.77. The van der Waals surface area contributed by atoms with Gasteiger partial charge >= 0.3 is 0 Å². The summed E-state index contributed by atoms with van der Waals surface area (Å²) in [4.78, 5) is 11.0. The van der Waals surface area contributed by atoms with E-state index in [0.717, 1.165) is 17.7 Å². The molecule has 0 fully saturated rings. The Morgan fingerprint density at radius 3 is 2.71 bits per heavy atom. The molecule has 24 heavy (non-hydrogen) atoms. The molecule has 0 spiro atoms. The fourth-order valence-corrected chi connectivity index (χ4v) is 2.86. The van der Waals surface area contributed by atoms with Gasteiger partial charge in [-0.15, -0.1) is 0 Å². The first-order valence-corrected chi connectivity index (χ1v) is 8.12. The lowest BCUT2D eigenvalue weighted by Crippen LogP contribution is -2.22. The van der Waals surface area contributed by atoms with Gasteiger partial charge in [-0.3, -0.25) is 4.79 Å². The van der Waals surface area contributed by atoms with Crippen LogP contribution in [0.5, 0.6) is 5.75 Å². The number of carbonyl (C=O) groups is 1. The predicted molar refractivity (Wildman–Crippen MR) is 96.1 cm³/mol. The van der Waals surface area contributed by atoms with Gasteiger partial charge in [-0.25, -0.2) is 0 Å². The average Bonchev–Trinajstić information content (AvgIpc) is 2.89. The minimum atomic E-state index is 0.00196. The Balaban J connectivity index is 1.77. The molecule has 124 valence electrons. The Labute approximate surface area is 142 Å². The molecule has 1 N–H and O–H groups in total. The molecule has 4 nitrogen and oxygen atoms in total. The zero-order valence-electron chi connectivity index (χ0n) is 14.1. The number of benzene rings is 2. The van der Waals surface area contributed by atoms with E-state index in [0.29, 0.717) is 13.2 Å². The van der Waals surface area contributed by atoms with Gasteiger partial charge in [0.25, 0.3) is 0 Å². The molecule has 4 heteroatoms. The van der Waals surface area contributed by atoms with Crippen molar-refractivity contribution in [1.29, 1.82) is 0 Å². The number of carbonyl (C=O) groups excluding carboxylic acids is 1. The fourth-order valence-electron chi connectivity index (χ4n) is 2.86. The van der Waals surface area contributed by atoms with Crippen molar-refractivity contribution in [2.45, 2.75) is 20.0 Å². The number of nitrogens with zero attached hydrogens (tertiary/aromatic N) is 1. The molecule has 0 bridgehead atoms. The van der Waals surface area contributed by atoms with Crippen LogP contribution in [0.15, 0.2) is 54.7 Å². The van der Waals surface area contributed by atoms with Crippen molar-refractivity contribution in [3.05, 3.63) is 65.9 Å². The highest BCUT2D eigenvalue weighted by Crippen LogP contribution is 2.26. The zero-order valence-corrected chi connectivity index (χ0v) is 14.1. The third-order valence-corrected chi connectivity index (χ3v) is 4.06. The Kier molecular flexibility index (Phi) is 4.85. The van der Waals surface area contributed by atoms with Crippen LogP contribution in [0.4, 0.5) is 0 Å². The van der Waals surface area contributed by atoms with Gasteiger partial charge in [-0.1, -0.05) is 30.3 Å². The summed E-state index contributed by atoms with van der Waals surface area (Å²) in [5.41, 5.74) is 3.53. The number of amides is 1. The summed E-state index contributed by atoms with van der Waals surface area (Å²) in [6, 6.07) is 16.3. The number of rotatable bonds is 6. The van der Waals surface area contributed by atoms with Crippen molar-refractivity contribution in [3.63, 3.8) is 0 Å². The van der Waals surface area contributed by atoms with Crippen LogP contribution in [0.1, 0.15) is 18.1 Å². The standard InChI is InChI=1S/C20H22N2O2/c1-15(23)21-11-10-17-13-22(2)20-9-8-18(12-19(17)20)24-14-16-6-4-3-5-7-16/h3-9,12-13H,10-11,14H2,1-2H3,(H,21,23). The highest BCUT2D eigenvalue weighted by Gasteiger charge is 2.08. The molecule has 0 aliphatic heterocycles. The molecule has 0 saturated carbocycles. The molecular weight excluding hydrogens is 300 g/mol. The van der Waals surface area contributed by atoms with E-state index in [2.05, 4.69) is 40.3 Å². The molecule has 2 aromatic carbocycles. The van der Waals surface area contributed by atoms with Crippen molar-refractivity contribution in [1.82, 2.24) is 9.88 Å². The summed E-state index contributed by atoms with van der Waals surface area (Å²) >= 11 is 0. The van der Waals surface area contributed by atoms with E-state index < -0.39 is 0 Å². The zero-order chi connectivity index (χ0) is 16.9. The number of aryl methyl sites for hydroxylation is 1. The van der Waals surface area contributed by atoms with Crippen LogP contribution in [0.25, 0.3) is 10.9 Å². The number of hydrogen-bond acceptors (Lipinski definition) is 2. The van der Waals surface area contributed by atoms with E-state index in [1.165, 1.54) is 16.5 Å². The molecule has 1 aromatic heterocycles. The minimum absolute atomic E-state index is 0.00196. The van der Waals surface area contributed by atoms with Gasteiger partial charge in [0.15, 0.2) is 0 Å². The summed E-state index contributed by atoms with van der Waals surface area (Å²) < 4.78 is 8.04. The molecule has 0 atom stereocenters. The van der Waals surface area contributed by atoms with Crippen LogP contribution >= 0.6 is 0 Å². The maximum absolute atomic E-state index is 11.0. The highest BCUT2D eigenvalue weighted by molar-refractivity contribution is 5.85. The van der Waals surface area contributed by atoms with E-state index in [1.807, 2.05) is 31.3 Å². The Morgan fingerprint density at radius 1 is 1.17 bits per heavy atom. The van der Waals surface area contributed by atoms with Gasteiger partial charge in [0.2, 0.25) is 5.91 Å². The quantitative estimate of drug-likeness (QED) is 0.755. The third-order valence-electron chi connectivity index (χ3n) is 4.06. The van der Waals surface area contributed by atoms with Crippen LogP contribution in [0.3, 0.4) is 0 Å². The summed E-state index contributed by atoms with van der Waals surface area (Å²) in [7, 11) is 2.04. The average molecular weight is 322 g/mol. The van der Waals surface area contributed by atoms with Gasteiger partial charge in [0, 0.05) is 37.6 Å². The molecule has 0 unspecified atom stereocenters. The largest absolute Gasteiger partial charge is 0.489 e. The smallest absolute Gasteiger partial charge is 0.216 e. The molecule has 0 saturated heterocycles. The van der Waals surface area contributed by atoms with E-state index in [9.17, 15) is 4.79 Å². The molecular formula is C20H22N2O2. The molecule has 0 aliphatic carbocycles. The van der Waals surface area contributed by atoms with Crippen LogP contribution in [-0.2, 0) is 24.9 Å². The van der Waals surface area contributed by atoms with Crippen molar-refractivity contribution >= 4 is 16.8 Å². The lowest BCUT2D eigenvalue weighted by atomic mass is 10.1. The lowest BCUT2D eigenvalue weighted by Gasteiger charge is -2.07. The summed E-state index contributed by atoms with van der Waals surface area (Å²) in [6.45, 7) is 2.74. The minimum Gasteiger partial charge on any atom is -0.489 e. The highest BCUT2D eigenvalue weighted by atomic mass is 16.5. The van der Waals surface area contributed by atoms with Crippen LogP contribution < -0.4 is 10.1 Å². The van der Waals surface area contributed by atoms with Crippen LogP contribution in [0, 0.1) is 0 Å². The van der Waals surface area contributed by atoms with Gasteiger partial charge in [0.1, 0.15) is 12.4 Å². The molecule has 0 aliphatic rings. The topological polar surface area (TPSA) is 43.3 Å². The Morgan fingerprint density at radius 2 is 1.96 bits per heavy atom. The van der Waals surface area contributed by atoms with Crippen LogP contribution in [-0.4, -0.2) is 17.0 Å². The number of aromatic nitrogens is 1. The second-order valence-corrected chi connectivity index (χ2v) is 5.95. The van der Waals surface area contributed by atoms with E-state index >= 15 is 0 Å². The first-order chi connectivity index (χ1) is 11.6. The van der Waals surface area contributed by atoms with Crippen molar-refractivity contribution in [2.75, 3.05) is 6.54 Å². The monoisotopic (exact) mass is 322 g/mol. The van der Waals surface area contributed by atoms with Gasteiger partial charge in [-0.2, -0.15) is 0 Å². The van der Waals surface area contributed by atoms with Crippen molar-refractivity contribution in [2.24, 2.45) is 7.05 Å². The predicted octanol–water partition coefficient (Wildman–Crippen LogP) is 3.44. The van der Waals surface area contributed by atoms with Gasteiger partial charge in [-0.05, 0) is 35.7 Å². The summed E-state index contributed by atoms with van der Waals surface area (Å²) in [5.74, 6) is 0.862. The maximum Gasteiger partial charge on any atom is 0.216 e.